The van der Waals surface area contributed by atoms with Gasteiger partial charge in [-0.3, -0.25) is 4.79 Å². The number of hydrogen-bond donors (Lipinski definition) is 0. The lowest BCUT2D eigenvalue weighted by atomic mass is 10.0. The van der Waals surface area contributed by atoms with Crippen molar-refractivity contribution in [2.45, 2.75) is 32.9 Å². The number of hydrogen-bond acceptors (Lipinski definition) is 3. The molecule has 2 aliphatic heterocycles. The number of anilines is 1. The second-order valence-corrected chi connectivity index (χ2v) is 6.41. The minimum Gasteiger partial charge on any atom is -0.450 e. The highest BCUT2D eigenvalue weighted by Gasteiger charge is 2.35. The van der Waals surface area contributed by atoms with Gasteiger partial charge >= 0.3 is 6.09 Å². The molecule has 2 aromatic rings. The van der Waals surface area contributed by atoms with Crippen LogP contribution < -0.4 is 4.90 Å². The van der Waals surface area contributed by atoms with Crippen LogP contribution in [0.1, 0.15) is 31.1 Å². The summed E-state index contributed by atoms with van der Waals surface area (Å²) < 4.78 is 7.32. The summed E-state index contributed by atoms with van der Waals surface area (Å²) in [7, 11) is 1.83. The molecule has 0 fully saturated rings. The number of carbonyl (C=O) groups excluding carboxylic acids is 2. The highest BCUT2D eigenvalue weighted by Crippen LogP contribution is 2.41. The molecular weight excluding hydrogens is 306 g/mol. The van der Waals surface area contributed by atoms with Gasteiger partial charge < -0.3 is 19.1 Å². The first-order valence-corrected chi connectivity index (χ1v) is 8.38. The molecule has 1 aromatic heterocycles. The van der Waals surface area contributed by atoms with Gasteiger partial charge in [0.1, 0.15) is 6.04 Å². The number of rotatable bonds is 1. The summed E-state index contributed by atoms with van der Waals surface area (Å²) >= 11 is 0. The average molecular weight is 327 g/mol. The fraction of sp³-hybridized carbons (Fsp3) is 0.444. The van der Waals surface area contributed by atoms with Gasteiger partial charge in [0.25, 0.3) is 0 Å². The van der Waals surface area contributed by atoms with E-state index in [1.54, 1.807) is 9.80 Å². The third-order valence-corrected chi connectivity index (χ3v) is 5.15. The maximum atomic E-state index is 12.6. The Morgan fingerprint density at radius 2 is 2.17 bits per heavy atom. The predicted molar refractivity (Wildman–Crippen MR) is 91.2 cm³/mol. The average Bonchev–Trinajstić information content (AvgIpc) is 2.93. The van der Waals surface area contributed by atoms with Gasteiger partial charge in [-0.2, -0.15) is 0 Å². The minimum atomic E-state index is -0.267. The Morgan fingerprint density at radius 3 is 2.92 bits per heavy atom. The van der Waals surface area contributed by atoms with Crippen molar-refractivity contribution < 1.29 is 14.3 Å². The van der Waals surface area contributed by atoms with Crippen LogP contribution in [0.25, 0.3) is 10.9 Å². The van der Waals surface area contributed by atoms with E-state index >= 15 is 0 Å². The van der Waals surface area contributed by atoms with Crippen LogP contribution in [-0.2, 0) is 22.5 Å². The Hall–Kier alpha value is -2.50. The maximum absolute atomic E-state index is 12.6. The van der Waals surface area contributed by atoms with E-state index in [-0.39, 0.29) is 18.0 Å². The Labute approximate surface area is 140 Å². The molecule has 126 valence electrons. The molecule has 0 bridgehead atoms. The van der Waals surface area contributed by atoms with Gasteiger partial charge in [-0.1, -0.05) is 12.1 Å². The van der Waals surface area contributed by atoms with Crippen LogP contribution in [0, 0.1) is 0 Å². The zero-order valence-corrected chi connectivity index (χ0v) is 14.2. The van der Waals surface area contributed by atoms with Crippen molar-refractivity contribution >= 4 is 28.6 Å². The number of fused-ring (bicyclic) bond motifs is 3. The molecule has 0 saturated heterocycles. The van der Waals surface area contributed by atoms with Crippen molar-refractivity contribution in [1.82, 2.24) is 9.47 Å². The fourth-order valence-electron chi connectivity index (χ4n) is 4.00. The molecule has 0 spiro atoms. The van der Waals surface area contributed by atoms with Crippen LogP contribution in [0.5, 0.6) is 0 Å². The second kappa shape index (κ2) is 5.26. The van der Waals surface area contributed by atoms with Gasteiger partial charge in [0, 0.05) is 36.7 Å². The summed E-state index contributed by atoms with van der Waals surface area (Å²) in [5.41, 5.74) is 4.35. The van der Waals surface area contributed by atoms with Crippen molar-refractivity contribution in [1.29, 1.82) is 0 Å². The molecule has 6 nitrogen and oxygen atoms in total. The predicted octanol–water partition coefficient (Wildman–Crippen LogP) is 2.69. The van der Waals surface area contributed by atoms with Gasteiger partial charge in [0.05, 0.1) is 24.4 Å². The molecule has 0 radical (unpaired) electrons. The summed E-state index contributed by atoms with van der Waals surface area (Å²) in [5, 5.41) is 1.13. The summed E-state index contributed by atoms with van der Waals surface area (Å²) in [5.74, 6) is 0.0984. The van der Waals surface area contributed by atoms with Crippen LogP contribution in [0.2, 0.25) is 0 Å². The van der Waals surface area contributed by atoms with E-state index in [1.165, 1.54) is 5.69 Å². The molecular formula is C18H21N3O3. The van der Waals surface area contributed by atoms with Crippen molar-refractivity contribution in [3.63, 3.8) is 0 Å². The smallest absolute Gasteiger partial charge is 0.410 e. The SMILES string of the molecule is CCOC(=O)N1CCc2c(c3cccc4c3n2C(C)C(=O)N4C)C1. The molecule has 0 aliphatic carbocycles. The zero-order valence-electron chi connectivity index (χ0n) is 14.2. The lowest BCUT2D eigenvalue weighted by molar-refractivity contribution is -0.121. The zero-order chi connectivity index (χ0) is 17.0. The first-order valence-electron chi connectivity index (χ1n) is 8.38. The van der Waals surface area contributed by atoms with Gasteiger partial charge in [-0.15, -0.1) is 0 Å². The topological polar surface area (TPSA) is 54.8 Å². The summed E-state index contributed by atoms with van der Waals surface area (Å²) in [6.45, 7) is 5.30. The summed E-state index contributed by atoms with van der Waals surface area (Å²) in [6, 6.07) is 5.83. The first-order chi connectivity index (χ1) is 11.5. The van der Waals surface area contributed by atoms with E-state index in [4.69, 9.17) is 4.74 Å². The molecule has 4 rings (SSSR count). The van der Waals surface area contributed by atoms with Gasteiger partial charge in [-0.25, -0.2) is 4.79 Å². The van der Waals surface area contributed by atoms with E-state index in [9.17, 15) is 9.59 Å². The van der Waals surface area contributed by atoms with E-state index in [0.717, 1.165) is 28.6 Å². The number of para-hydroxylation sites is 1. The molecule has 6 heteroatoms. The van der Waals surface area contributed by atoms with Gasteiger partial charge in [0.2, 0.25) is 5.91 Å². The molecule has 2 amide bonds. The van der Waals surface area contributed by atoms with Crippen molar-refractivity contribution in [3.8, 4) is 0 Å². The normalized spacial score (nSPS) is 19.6. The van der Waals surface area contributed by atoms with Crippen molar-refractivity contribution in [2.24, 2.45) is 0 Å². The monoisotopic (exact) mass is 327 g/mol. The quantitative estimate of drug-likeness (QED) is 0.809. The molecule has 2 aliphatic rings. The van der Waals surface area contributed by atoms with E-state index in [0.29, 0.717) is 19.7 Å². The van der Waals surface area contributed by atoms with Gasteiger partial charge in [-0.05, 0) is 19.9 Å². The molecule has 0 saturated carbocycles. The number of nitrogens with zero attached hydrogens (tertiary/aromatic N) is 3. The van der Waals surface area contributed by atoms with Crippen LogP contribution >= 0.6 is 0 Å². The van der Waals surface area contributed by atoms with E-state index in [2.05, 4.69) is 10.6 Å². The first kappa shape index (κ1) is 15.1. The Bertz CT molecular complexity index is 855. The highest BCUT2D eigenvalue weighted by atomic mass is 16.6. The van der Waals surface area contributed by atoms with Crippen LogP contribution in [0.15, 0.2) is 18.2 Å². The minimum absolute atomic E-state index is 0.0984. The second-order valence-electron chi connectivity index (χ2n) is 6.41. The maximum Gasteiger partial charge on any atom is 0.410 e. The Kier molecular flexibility index (Phi) is 3.30. The largest absolute Gasteiger partial charge is 0.450 e. The highest BCUT2D eigenvalue weighted by molar-refractivity contribution is 6.08. The molecule has 3 heterocycles. The van der Waals surface area contributed by atoms with Crippen LogP contribution in [0.3, 0.4) is 0 Å². The lowest BCUT2D eigenvalue weighted by Gasteiger charge is -2.32. The van der Waals surface area contributed by atoms with Crippen molar-refractivity contribution in [3.05, 3.63) is 29.5 Å². The fourth-order valence-corrected chi connectivity index (χ4v) is 4.00. The summed E-state index contributed by atoms with van der Waals surface area (Å²) in [4.78, 5) is 28.2. The Morgan fingerprint density at radius 1 is 1.38 bits per heavy atom. The number of amides is 2. The van der Waals surface area contributed by atoms with Crippen LogP contribution in [0.4, 0.5) is 10.5 Å². The third-order valence-electron chi connectivity index (χ3n) is 5.15. The molecule has 1 atom stereocenters. The number of aromatic nitrogens is 1. The number of benzene rings is 1. The number of likely N-dealkylation sites (N-methyl/N-ethyl adjacent to an activating group) is 1. The number of ether oxygens (including phenoxy) is 1. The summed E-state index contributed by atoms with van der Waals surface area (Å²) in [6.07, 6.45) is 0.472. The standard InChI is InChI=1S/C18H21N3O3/c1-4-24-18(23)20-9-8-14-13(10-20)12-6-5-7-15-16(12)21(14)11(2)17(22)19(15)3/h5-7,11H,4,8-10H2,1-3H3. The molecule has 1 unspecified atom stereocenters. The van der Waals surface area contributed by atoms with E-state index < -0.39 is 0 Å². The Balaban J connectivity index is 1.89. The van der Waals surface area contributed by atoms with Crippen molar-refractivity contribution in [2.75, 3.05) is 25.1 Å². The van der Waals surface area contributed by atoms with Crippen LogP contribution in [-0.4, -0.2) is 41.7 Å². The van der Waals surface area contributed by atoms with E-state index in [1.807, 2.05) is 33.0 Å². The number of carbonyl (C=O) groups is 2. The van der Waals surface area contributed by atoms with Gasteiger partial charge in [0.15, 0.2) is 0 Å². The third kappa shape index (κ3) is 1.89. The lowest BCUT2D eigenvalue weighted by Crippen LogP contribution is -2.39. The molecule has 0 N–H and O–H groups in total. The molecule has 24 heavy (non-hydrogen) atoms. The molecule has 1 aromatic carbocycles.